The van der Waals surface area contributed by atoms with E-state index in [-0.39, 0.29) is 0 Å². The number of hydrogen-bond acceptors (Lipinski definition) is 3. The molecule has 0 spiro atoms. The fourth-order valence-electron chi connectivity index (χ4n) is 2.56. The van der Waals surface area contributed by atoms with Gasteiger partial charge in [-0.2, -0.15) is 11.8 Å². The van der Waals surface area contributed by atoms with Crippen LogP contribution in [0.25, 0.3) is 0 Å². The fraction of sp³-hybridized carbons (Fsp3) is 1.00. The fourth-order valence-corrected chi connectivity index (χ4v) is 3.47. The van der Waals surface area contributed by atoms with Gasteiger partial charge in [-0.1, -0.05) is 0 Å². The molecule has 0 aromatic carbocycles. The van der Waals surface area contributed by atoms with E-state index in [9.17, 15) is 0 Å². The van der Waals surface area contributed by atoms with Gasteiger partial charge < -0.3 is 10.2 Å². The van der Waals surface area contributed by atoms with Gasteiger partial charge in [-0.05, 0) is 39.5 Å². The van der Waals surface area contributed by atoms with Crippen LogP contribution in [-0.2, 0) is 0 Å². The Hall–Kier alpha value is 0.270. The molecule has 4 unspecified atom stereocenters. The molecule has 1 heterocycles. The molecular formula is C11H22N2S. The van der Waals surface area contributed by atoms with E-state index in [0.29, 0.717) is 0 Å². The van der Waals surface area contributed by atoms with E-state index in [2.05, 4.69) is 30.4 Å². The largest absolute Gasteiger partial charge is 0.309 e. The molecule has 2 rings (SSSR count). The van der Waals surface area contributed by atoms with Crippen molar-refractivity contribution in [3.05, 3.63) is 0 Å². The lowest BCUT2D eigenvalue weighted by molar-refractivity contribution is 0.302. The third kappa shape index (κ3) is 2.10. The normalized spacial score (nSPS) is 43.9. The molecule has 1 aliphatic heterocycles. The van der Waals surface area contributed by atoms with E-state index in [4.69, 9.17) is 0 Å². The number of likely N-dealkylation sites (N-methyl/N-ethyl adjacent to an activating group) is 1. The van der Waals surface area contributed by atoms with Gasteiger partial charge in [-0.25, -0.2) is 0 Å². The van der Waals surface area contributed by atoms with E-state index in [1.165, 1.54) is 25.8 Å². The third-order valence-electron chi connectivity index (χ3n) is 3.85. The van der Waals surface area contributed by atoms with Crippen LogP contribution in [-0.4, -0.2) is 48.1 Å². The smallest absolute Gasteiger partial charge is 0.0212 e. The molecule has 4 atom stereocenters. The Balaban J connectivity index is 1.76. The maximum Gasteiger partial charge on any atom is 0.0212 e. The predicted molar refractivity (Wildman–Crippen MR) is 64.0 cm³/mol. The predicted octanol–water partition coefficient (Wildman–Crippen LogP) is 1.56. The molecule has 0 aromatic rings. The van der Waals surface area contributed by atoms with Crippen molar-refractivity contribution in [2.24, 2.45) is 0 Å². The number of thioether (sulfide) groups is 1. The number of hydrogen-bond donors (Lipinski definition) is 1. The average molecular weight is 214 g/mol. The molecule has 14 heavy (non-hydrogen) atoms. The van der Waals surface area contributed by atoms with Crippen LogP contribution in [0.5, 0.6) is 0 Å². The maximum absolute atomic E-state index is 3.81. The summed E-state index contributed by atoms with van der Waals surface area (Å²) in [7, 11) is 2.24. The van der Waals surface area contributed by atoms with Crippen LogP contribution < -0.4 is 5.32 Å². The summed E-state index contributed by atoms with van der Waals surface area (Å²) in [6.45, 7) is 3.56. The number of rotatable bonds is 3. The molecule has 0 bridgehead atoms. The first kappa shape index (κ1) is 10.8. The average Bonchev–Trinajstić information content (AvgIpc) is 2.42. The molecule has 82 valence electrons. The van der Waals surface area contributed by atoms with Crippen molar-refractivity contribution >= 4 is 11.8 Å². The molecular weight excluding hydrogens is 192 g/mol. The highest BCUT2D eigenvalue weighted by atomic mass is 32.2. The molecule has 0 amide bonds. The summed E-state index contributed by atoms with van der Waals surface area (Å²) in [4.78, 5) is 2.46. The maximum atomic E-state index is 3.81. The topological polar surface area (TPSA) is 15.3 Å². The van der Waals surface area contributed by atoms with Crippen molar-refractivity contribution in [2.45, 2.75) is 49.6 Å². The Morgan fingerprint density at radius 2 is 2.14 bits per heavy atom. The summed E-state index contributed by atoms with van der Waals surface area (Å²) < 4.78 is 0. The molecule has 2 fully saturated rings. The molecule has 0 radical (unpaired) electrons. The van der Waals surface area contributed by atoms with Crippen LogP contribution in [0.2, 0.25) is 0 Å². The Morgan fingerprint density at radius 1 is 1.36 bits per heavy atom. The summed E-state index contributed by atoms with van der Waals surface area (Å²) in [6, 6.07) is 2.31. The number of nitrogens with zero attached hydrogens (tertiary/aromatic N) is 1. The minimum atomic E-state index is 0.745. The molecule has 1 N–H and O–H groups in total. The van der Waals surface area contributed by atoms with Crippen molar-refractivity contribution in [3.63, 3.8) is 0 Å². The Morgan fingerprint density at radius 3 is 2.57 bits per heavy atom. The SMILES string of the molecule is CSC1CCC1NC1CC(C)N(C)C1. The summed E-state index contributed by atoms with van der Waals surface area (Å²) in [6.07, 6.45) is 6.37. The number of likely N-dealkylation sites (tertiary alicyclic amines) is 1. The number of nitrogens with one attached hydrogen (secondary N) is 1. The van der Waals surface area contributed by atoms with Gasteiger partial charge in [0.2, 0.25) is 0 Å². The molecule has 2 nitrogen and oxygen atoms in total. The monoisotopic (exact) mass is 214 g/mol. The molecule has 0 aromatic heterocycles. The highest BCUT2D eigenvalue weighted by Gasteiger charge is 2.34. The van der Waals surface area contributed by atoms with Gasteiger partial charge in [0.25, 0.3) is 0 Å². The van der Waals surface area contributed by atoms with Gasteiger partial charge >= 0.3 is 0 Å². The molecule has 1 aliphatic carbocycles. The highest BCUT2D eigenvalue weighted by molar-refractivity contribution is 7.99. The first-order valence-corrected chi connectivity index (χ1v) is 6.98. The lowest BCUT2D eigenvalue weighted by atomic mass is 9.91. The van der Waals surface area contributed by atoms with Crippen molar-refractivity contribution < 1.29 is 0 Å². The van der Waals surface area contributed by atoms with Crippen LogP contribution in [0.1, 0.15) is 26.2 Å². The van der Waals surface area contributed by atoms with E-state index in [1.807, 2.05) is 11.8 Å². The Labute approximate surface area is 91.8 Å². The van der Waals surface area contributed by atoms with Gasteiger partial charge in [0.15, 0.2) is 0 Å². The van der Waals surface area contributed by atoms with E-state index >= 15 is 0 Å². The zero-order valence-electron chi connectivity index (χ0n) is 9.49. The molecule has 1 saturated heterocycles. The quantitative estimate of drug-likeness (QED) is 0.767. The molecule has 2 aliphatic rings. The van der Waals surface area contributed by atoms with Crippen LogP contribution in [0.3, 0.4) is 0 Å². The van der Waals surface area contributed by atoms with Crippen molar-refractivity contribution in [1.29, 1.82) is 0 Å². The minimum absolute atomic E-state index is 0.745. The highest BCUT2D eigenvalue weighted by Crippen LogP contribution is 2.31. The van der Waals surface area contributed by atoms with Crippen LogP contribution in [0.4, 0.5) is 0 Å². The summed E-state index contributed by atoms with van der Waals surface area (Å²) in [5.41, 5.74) is 0. The van der Waals surface area contributed by atoms with E-state index in [0.717, 1.165) is 23.4 Å². The summed E-state index contributed by atoms with van der Waals surface area (Å²) in [5.74, 6) is 0. The Bertz CT molecular complexity index is 186. The third-order valence-corrected chi connectivity index (χ3v) is 5.02. The second-order valence-corrected chi connectivity index (χ2v) is 5.92. The van der Waals surface area contributed by atoms with E-state index in [1.54, 1.807) is 0 Å². The second kappa shape index (κ2) is 4.42. The van der Waals surface area contributed by atoms with Gasteiger partial charge in [0.05, 0.1) is 0 Å². The zero-order valence-corrected chi connectivity index (χ0v) is 10.3. The minimum Gasteiger partial charge on any atom is -0.309 e. The van der Waals surface area contributed by atoms with Crippen LogP contribution in [0.15, 0.2) is 0 Å². The summed E-state index contributed by atoms with van der Waals surface area (Å²) >= 11 is 2.03. The lowest BCUT2D eigenvalue weighted by Gasteiger charge is -2.38. The van der Waals surface area contributed by atoms with Crippen molar-refractivity contribution in [1.82, 2.24) is 10.2 Å². The van der Waals surface area contributed by atoms with E-state index < -0.39 is 0 Å². The first-order chi connectivity index (χ1) is 6.70. The van der Waals surface area contributed by atoms with Gasteiger partial charge in [0.1, 0.15) is 0 Å². The lowest BCUT2D eigenvalue weighted by Crippen LogP contribution is -2.50. The van der Waals surface area contributed by atoms with Crippen LogP contribution >= 0.6 is 11.8 Å². The van der Waals surface area contributed by atoms with Crippen molar-refractivity contribution in [2.75, 3.05) is 19.8 Å². The molecule has 1 saturated carbocycles. The molecule has 3 heteroatoms. The van der Waals surface area contributed by atoms with Gasteiger partial charge in [0, 0.05) is 29.9 Å². The first-order valence-electron chi connectivity index (χ1n) is 5.69. The zero-order chi connectivity index (χ0) is 10.1. The van der Waals surface area contributed by atoms with Crippen LogP contribution in [0, 0.1) is 0 Å². The van der Waals surface area contributed by atoms with Gasteiger partial charge in [-0.15, -0.1) is 0 Å². The Kier molecular flexibility index (Phi) is 3.40. The standard InChI is InChI=1S/C11H22N2S/c1-8-6-9(7-13(8)2)12-10-4-5-11(10)14-3/h8-12H,4-7H2,1-3H3. The second-order valence-electron chi connectivity index (χ2n) is 4.85. The van der Waals surface area contributed by atoms with Crippen molar-refractivity contribution in [3.8, 4) is 0 Å². The summed E-state index contributed by atoms with van der Waals surface area (Å²) in [5, 5.41) is 4.70. The van der Waals surface area contributed by atoms with Gasteiger partial charge in [-0.3, -0.25) is 0 Å².